The van der Waals surface area contributed by atoms with E-state index < -0.39 is 0 Å². The lowest BCUT2D eigenvalue weighted by Gasteiger charge is -2.12. The quantitative estimate of drug-likeness (QED) is 0.788. The third kappa shape index (κ3) is 3.07. The zero-order valence-electron chi connectivity index (χ0n) is 13.6. The van der Waals surface area contributed by atoms with E-state index in [-0.39, 0.29) is 17.8 Å². The van der Waals surface area contributed by atoms with Crippen molar-refractivity contribution in [3.8, 4) is 10.6 Å². The third-order valence-electron chi connectivity index (χ3n) is 3.73. The molecule has 124 valence electrons. The Hall–Kier alpha value is -2.54. The van der Waals surface area contributed by atoms with Gasteiger partial charge in [0, 0.05) is 18.8 Å². The third-order valence-corrected chi connectivity index (χ3v) is 5.10. The molecule has 0 spiro atoms. The van der Waals surface area contributed by atoms with E-state index in [4.69, 9.17) is 0 Å². The molecule has 0 aliphatic rings. The van der Waals surface area contributed by atoms with Crippen LogP contribution in [0.5, 0.6) is 0 Å². The number of hydrogen-bond acceptors (Lipinski definition) is 4. The predicted octanol–water partition coefficient (Wildman–Crippen LogP) is 3.48. The summed E-state index contributed by atoms with van der Waals surface area (Å²) in [5.74, 6) is -0.507. The van der Waals surface area contributed by atoms with Crippen LogP contribution in [0, 0.1) is 12.7 Å². The molecule has 0 saturated carbocycles. The second kappa shape index (κ2) is 6.52. The smallest absolute Gasteiger partial charge is 0.270 e. The number of aromatic nitrogens is 3. The van der Waals surface area contributed by atoms with E-state index in [0.717, 1.165) is 10.6 Å². The molecule has 2 heterocycles. The Morgan fingerprint density at radius 3 is 2.75 bits per heavy atom. The first-order valence-electron chi connectivity index (χ1n) is 7.48. The van der Waals surface area contributed by atoms with Gasteiger partial charge in [0.25, 0.3) is 5.91 Å². The maximum atomic E-state index is 13.9. The number of amides is 1. The van der Waals surface area contributed by atoms with Gasteiger partial charge in [-0.25, -0.2) is 9.37 Å². The van der Waals surface area contributed by atoms with E-state index in [9.17, 15) is 9.18 Å². The van der Waals surface area contributed by atoms with Crippen LogP contribution in [0.1, 0.15) is 34.0 Å². The Labute approximate surface area is 143 Å². The summed E-state index contributed by atoms with van der Waals surface area (Å²) < 4.78 is 15.5. The summed E-state index contributed by atoms with van der Waals surface area (Å²) in [6, 6.07) is 7.98. The highest BCUT2D eigenvalue weighted by atomic mass is 32.1. The van der Waals surface area contributed by atoms with E-state index in [1.165, 1.54) is 22.1 Å². The fraction of sp³-hybridized carbons (Fsp3) is 0.235. The number of aryl methyl sites for hydroxylation is 2. The fourth-order valence-electron chi connectivity index (χ4n) is 2.49. The molecular weight excluding hydrogens is 327 g/mol. The highest BCUT2D eigenvalue weighted by molar-refractivity contribution is 7.15. The van der Waals surface area contributed by atoms with Crippen molar-refractivity contribution in [2.75, 3.05) is 0 Å². The minimum atomic E-state index is -0.302. The maximum absolute atomic E-state index is 13.9. The second-order valence-electron chi connectivity index (χ2n) is 5.48. The molecule has 7 heteroatoms. The normalized spacial score (nSPS) is 12.2. The largest absolute Gasteiger partial charge is 0.343 e. The number of benzene rings is 1. The van der Waals surface area contributed by atoms with Gasteiger partial charge in [0.05, 0.1) is 16.6 Å². The molecule has 0 fully saturated rings. The highest BCUT2D eigenvalue weighted by Gasteiger charge is 2.20. The number of hydrogen-bond donors (Lipinski definition) is 1. The monoisotopic (exact) mass is 344 g/mol. The van der Waals surface area contributed by atoms with Crippen molar-refractivity contribution in [1.29, 1.82) is 0 Å². The van der Waals surface area contributed by atoms with E-state index in [2.05, 4.69) is 15.4 Å². The molecule has 0 bridgehead atoms. The molecule has 3 aromatic rings. The molecule has 1 N–H and O–H groups in total. The van der Waals surface area contributed by atoms with Crippen LogP contribution in [0.25, 0.3) is 10.6 Å². The molecule has 0 unspecified atom stereocenters. The van der Waals surface area contributed by atoms with Crippen LogP contribution in [0.15, 0.2) is 36.5 Å². The fourth-order valence-corrected chi connectivity index (χ4v) is 3.59. The van der Waals surface area contributed by atoms with Crippen molar-refractivity contribution in [1.82, 2.24) is 20.1 Å². The van der Waals surface area contributed by atoms with Crippen molar-refractivity contribution in [2.24, 2.45) is 7.05 Å². The highest BCUT2D eigenvalue weighted by Crippen LogP contribution is 2.33. The molecule has 2 aromatic heterocycles. The van der Waals surface area contributed by atoms with Gasteiger partial charge in [-0.1, -0.05) is 12.1 Å². The average molecular weight is 344 g/mol. The molecular formula is C17H17FN4OS. The summed E-state index contributed by atoms with van der Waals surface area (Å²) in [4.78, 5) is 17.7. The average Bonchev–Trinajstić information content (AvgIpc) is 3.13. The Kier molecular flexibility index (Phi) is 4.44. The molecule has 1 atom stereocenters. The van der Waals surface area contributed by atoms with Gasteiger partial charge in [0.2, 0.25) is 0 Å². The molecule has 0 aliphatic carbocycles. The van der Waals surface area contributed by atoms with E-state index in [0.29, 0.717) is 16.3 Å². The van der Waals surface area contributed by atoms with Gasteiger partial charge in [0.15, 0.2) is 0 Å². The van der Waals surface area contributed by atoms with Gasteiger partial charge in [-0.05, 0) is 32.0 Å². The van der Waals surface area contributed by atoms with Gasteiger partial charge >= 0.3 is 0 Å². The summed E-state index contributed by atoms with van der Waals surface area (Å²) in [5, 5.41) is 7.54. The molecule has 0 aliphatic heterocycles. The van der Waals surface area contributed by atoms with E-state index in [1.807, 2.05) is 13.8 Å². The molecule has 3 rings (SSSR count). The van der Waals surface area contributed by atoms with E-state index in [1.54, 1.807) is 37.5 Å². The van der Waals surface area contributed by atoms with E-state index >= 15 is 0 Å². The van der Waals surface area contributed by atoms with Crippen LogP contribution < -0.4 is 5.32 Å². The molecule has 1 amide bonds. The lowest BCUT2D eigenvalue weighted by Crippen LogP contribution is -2.28. The van der Waals surface area contributed by atoms with Gasteiger partial charge in [0.1, 0.15) is 16.5 Å². The van der Waals surface area contributed by atoms with Crippen molar-refractivity contribution in [3.63, 3.8) is 0 Å². The predicted molar refractivity (Wildman–Crippen MR) is 91.3 cm³/mol. The summed E-state index contributed by atoms with van der Waals surface area (Å²) in [6.07, 6.45) is 1.58. The number of nitrogens with zero attached hydrogens (tertiary/aromatic N) is 3. The number of carbonyl (C=O) groups is 1. The SMILES string of the molecule is Cc1nc(-c2ccccc2F)sc1[C@H](C)NC(=O)c1ccnn1C. The van der Waals surface area contributed by atoms with Crippen LogP contribution in [0.2, 0.25) is 0 Å². The van der Waals surface area contributed by atoms with Crippen LogP contribution in [-0.2, 0) is 7.05 Å². The van der Waals surface area contributed by atoms with Crippen molar-refractivity contribution >= 4 is 17.2 Å². The Bertz CT molecular complexity index is 886. The van der Waals surface area contributed by atoms with Crippen molar-refractivity contribution in [2.45, 2.75) is 19.9 Å². The first-order chi connectivity index (χ1) is 11.5. The minimum Gasteiger partial charge on any atom is -0.343 e. The Morgan fingerprint density at radius 2 is 2.08 bits per heavy atom. The number of carbonyl (C=O) groups excluding carboxylic acids is 1. The first kappa shape index (κ1) is 16.3. The van der Waals surface area contributed by atoms with Gasteiger partial charge in [-0.3, -0.25) is 9.48 Å². The topological polar surface area (TPSA) is 59.8 Å². The van der Waals surface area contributed by atoms with Crippen molar-refractivity contribution < 1.29 is 9.18 Å². The van der Waals surface area contributed by atoms with Crippen LogP contribution in [0.4, 0.5) is 4.39 Å². The number of rotatable bonds is 4. The Balaban J connectivity index is 1.84. The lowest BCUT2D eigenvalue weighted by atomic mass is 10.2. The van der Waals surface area contributed by atoms with Crippen LogP contribution in [0.3, 0.4) is 0 Å². The molecule has 1 aromatic carbocycles. The summed E-state index contributed by atoms with van der Waals surface area (Å²) in [5.41, 5.74) is 1.75. The Morgan fingerprint density at radius 1 is 1.33 bits per heavy atom. The molecule has 24 heavy (non-hydrogen) atoms. The number of nitrogens with one attached hydrogen (secondary N) is 1. The first-order valence-corrected chi connectivity index (χ1v) is 8.30. The van der Waals surface area contributed by atoms with Gasteiger partial charge in [-0.15, -0.1) is 11.3 Å². The summed E-state index contributed by atoms with van der Waals surface area (Å²) in [6.45, 7) is 3.75. The van der Waals surface area contributed by atoms with Crippen LogP contribution in [-0.4, -0.2) is 20.7 Å². The molecule has 5 nitrogen and oxygen atoms in total. The van der Waals surface area contributed by atoms with Gasteiger partial charge < -0.3 is 5.32 Å². The van der Waals surface area contributed by atoms with Gasteiger partial charge in [-0.2, -0.15) is 5.10 Å². The number of halogens is 1. The zero-order chi connectivity index (χ0) is 17.3. The zero-order valence-corrected chi connectivity index (χ0v) is 14.4. The standard InChI is InChI=1S/C17H17FN4OS/c1-10(20-16(23)14-8-9-19-22(14)3)15-11(2)21-17(24-15)12-6-4-5-7-13(12)18/h4-10H,1-3H3,(H,20,23)/t10-/m0/s1. The second-order valence-corrected chi connectivity index (χ2v) is 6.51. The summed E-state index contributed by atoms with van der Waals surface area (Å²) >= 11 is 1.39. The minimum absolute atomic E-state index is 0.206. The molecule has 0 radical (unpaired) electrons. The summed E-state index contributed by atoms with van der Waals surface area (Å²) in [7, 11) is 1.72. The maximum Gasteiger partial charge on any atom is 0.270 e. The van der Waals surface area contributed by atoms with Crippen molar-refractivity contribution in [3.05, 3.63) is 58.6 Å². The van der Waals surface area contributed by atoms with Crippen LogP contribution >= 0.6 is 11.3 Å². The number of thiazole rings is 1. The lowest BCUT2D eigenvalue weighted by molar-refractivity contribution is 0.0931. The molecule has 0 saturated heterocycles.